The second-order valence-corrected chi connectivity index (χ2v) is 16.3. The number of thiocarbonyl (C=S) groups is 2. The third kappa shape index (κ3) is 15.2. The number of benzene rings is 4. The van der Waals surface area contributed by atoms with E-state index in [0.717, 1.165) is 13.2 Å². The zero-order chi connectivity index (χ0) is 49.3. The van der Waals surface area contributed by atoms with Crippen LogP contribution < -0.4 is 25.8 Å². The van der Waals surface area contributed by atoms with Crippen LogP contribution in [-0.4, -0.2) is 65.2 Å². The summed E-state index contributed by atoms with van der Waals surface area (Å²) in [6.07, 6.45) is 8.63. The highest BCUT2D eigenvalue weighted by Gasteiger charge is 2.15. The zero-order valence-corrected chi connectivity index (χ0v) is 40.2. The van der Waals surface area contributed by atoms with Crippen molar-refractivity contribution in [2.45, 2.75) is 25.7 Å². The lowest BCUT2D eigenvalue weighted by Crippen LogP contribution is -2.35. The molecule has 1 aliphatic rings. The van der Waals surface area contributed by atoms with Gasteiger partial charge in [-0.1, -0.05) is 58.5 Å². The van der Waals surface area contributed by atoms with Crippen LogP contribution in [0.5, 0.6) is 23.3 Å². The highest BCUT2D eigenvalue weighted by molar-refractivity contribution is 7.80. The molecular formula is C46H36Cl4F2N10O5S2. The number of nitrogens with two attached hydrogens (primary N) is 1. The number of carbonyl (C=O) groups is 2. The van der Waals surface area contributed by atoms with Crippen LogP contribution >= 0.6 is 70.8 Å². The summed E-state index contributed by atoms with van der Waals surface area (Å²) in [6.45, 7) is 2.00. The highest BCUT2D eigenvalue weighted by Crippen LogP contribution is 2.31. The molecule has 23 heteroatoms. The van der Waals surface area contributed by atoms with Crippen molar-refractivity contribution in [2.75, 3.05) is 24.3 Å². The number of hydrogen-bond donors (Lipinski definition) is 5. The number of aromatic amines is 2. The molecule has 0 spiro atoms. The Morgan fingerprint density at radius 1 is 0.739 bits per heavy atom. The maximum Gasteiger partial charge on any atom is 0.259 e. The van der Waals surface area contributed by atoms with E-state index in [0.29, 0.717) is 64.7 Å². The van der Waals surface area contributed by atoms with Crippen LogP contribution in [0.2, 0.25) is 20.1 Å². The van der Waals surface area contributed by atoms with Gasteiger partial charge in [-0.2, -0.15) is 15.0 Å². The molecule has 0 bridgehead atoms. The van der Waals surface area contributed by atoms with Crippen molar-refractivity contribution in [1.82, 2.24) is 35.2 Å². The molecule has 1 aliphatic heterocycles. The van der Waals surface area contributed by atoms with Gasteiger partial charge in [-0.05, 0) is 109 Å². The monoisotopic (exact) mass is 1050 g/mol. The molecule has 354 valence electrons. The molecule has 8 aromatic rings. The third-order valence-corrected chi connectivity index (χ3v) is 10.9. The molecule has 2 amide bonds. The average Bonchev–Trinajstić information content (AvgIpc) is 4.15. The quantitative estimate of drug-likeness (QED) is 0.0519. The Balaban J connectivity index is 0.000000177. The van der Waals surface area contributed by atoms with Crippen LogP contribution in [0.25, 0.3) is 22.1 Å². The summed E-state index contributed by atoms with van der Waals surface area (Å²) in [6, 6.07) is 21.9. The molecule has 0 unspecified atom stereocenters. The number of isothiocyanates is 1. The van der Waals surface area contributed by atoms with Crippen molar-refractivity contribution in [3.05, 3.63) is 153 Å². The topological polar surface area (TPSA) is 207 Å². The molecule has 5 heterocycles. The van der Waals surface area contributed by atoms with Gasteiger partial charge in [0.2, 0.25) is 17.7 Å². The molecule has 69 heavy (non-hydrogen) atoms. The first-order chi connectivity index (χ1) is 33.3. The molecule has 0 atom stereocenters. The Labute approximate surface area is 422 Å². The number of anilines is 2. The van der Waals surface area contributed by atoms with E-state index in [-0.39, 0.29) is 41.2 Å². The first kappa shape index (κ1) is 51.7. The van der Waals surface area contributed by atoms with E-state index < -0.39 is 23.4 Å². The van der Waals surface area contributed by atoms with E-state index in [1.165, 1.54) is 49.8 Å². The molecule has 0 radical (unpaired) electrons. The van der Waals surface area contributed by atoms with Crippen LogP contribution in [0.15, 0.2) is 115 Å². The Hall–Kier alpha value is -6.67. The van der Waals surface area contributed by atoms with Gasteiger partial charge >= 0.3 is 0 Å². The number of H-pyrrole nitrogens is 2. The summed E-state index contributed by atoms with van der Waals surface area (Å²) in [5, 5.41) is 8.92. The minimum absolute atomic E-state index is 0.00450. The van der Waals surface area contributed by atoms with Gasteiger partial charge in [0.05, 0.1) is 29.0 Å². The van der Waals surface area contributed by atoms with E-state index in [2.05, 4.69) is 57.7 Å². The van der Waals surface area contributed by atoms with E-state index >= 15 is 0 Å². The fraction of sp³-hybridized carbons (Fsp3) is 0.130. The number of rotatable bonds is 9. The Morgan fingerprint density at radius 2 is 1.25 bits per heavy atom. The summed E-state index contributed by atoms with van der Waals surface area (Å²) in [4.78, 5) is 48.7. The zero-order valence-electron chi connectivity index (χ0n) is 35.6. The second kappa shape index (κ2) is 25.6. The number of nitrogens with one attached hydrogen (secondary N) is 4. The summed E-state index contributed by atoms with van der Waals surface area (Å²) in [7, 11) is 0. The van der Waals surface area contributed by atoms with Crippen LogP contribution in [0.1, 0.15) is 24.0 Å². The van der Waals surface area contributed by atoms with Gasteiger partial charge in [-0.3, -0.25) is 9.59 Å². The minimum atomic E-state index is -0.648. The Bertz CT molecular complexity index is 3110. The van der Waals surface area contributed by atoms with Gasteiger partial charge in [-0.15, -0.1) is 0 Å². The van der Waals surface area contributed by atoms with E-state index in [1.54, 1.807) is 73.1 Å². The molecule has 9 rings (SSSR count). The number of nitrogens with zero attached hydrogens (tertiary/aromatic N) is 5. The van der Waals surface area contributed by atoms with Gasteiger partial charge in [0.15, 0.2) is 28.2 Å². The lowest BCUT2D eigenvalue weighted by Gasteiger charge is -2.12. The van der Waals surface area contributed by atoms with Crippen LogP contribution in [0, 0.1) is 11.6 Å². The molecule has 0 aliphatic carbocycles. The molecule has 4 aromatic heterocycles. The average molecular weight is 1050 g/mol. The van der Waals surface area contributed by atoms with Crippen molar-refractivity contribution in [3.8, 4) is 23.3 Å². The number of hydrogen-bond acceptors (Lipinski definition) is 12. The molecule has 0 saturated carbocycles. The van der Waals surface area contributed by atoms with E-state index in [1.807, 2.05) is 5.16 Å². The first-order valence-corrected chi connectivity index (χ1v) is 22.5. The lowest BCUT2D eigenvalue weighted by molar-refractivity contribution is -0.119. The fourth-order valence-corrected chi connectivity index (χ4v) is 7.36. The van der Waals surface area contributed by atoms with Gasteiger partial charge in [0, 0.05) is 69.2 Å². The summed E-state index contributed by atoms with van der Waals surface area (Å²) in [5.74, 6) is -1.51. The van der Waals surface area contributed by atoms with Crippen molar-refractivity contribution >= 4 is 126 Å². The predicted octanol–water partition coefficient (Wildman–Crippen LogP) is 11.7. The van der Waals surface area contributed by atoms with Crippen LogP contribution in [-0.2, 0) is 27.2 Å². The smallest absolute Gasteiger partial charge is 0.259 e. The van der Waals surface area contributed by atoms with Gasteiger partial charge in [0.25, 0.3) is 5.91 Å². The maximum absolute atomic E-state index is 14.6. The van der Waals surface area contributed by atoms with Gasteiger partial charge in [0.1, 0.15) is 23.7 Å². The first-order valence-electron chi connectivity index (χ1n) is 20.2. The van der Waals surface area contributed by atoms with Crippen molar-refractivity contribution in [1.29, 1.82) is 0 Å². The molecular weight excluding hydrogens is 1020 g/mol. The third-order valence-electron chi connectivity index (χ3n) is 9.22. The minimum Gasteiger partial charge on any atom is -0.434 e. The second-order valence-electron chi connectivity index (χ2n) is 14.0. The molecule has 1 saturated heterocycles. The van der Waals surface area contributed by atoms with Gasteiger partial charge < -0.3 is 40.5 Å². The number of halogens is 6. The lowest BCUT2D eigenvalue weighted by atomic mass is 10.1. The number of carbonyl (C=O) groups excluding carboxylic acids is 2. The van der Waals surface area contributed by atoms with Crippen molar-refractivity contribution < 1.29 is 32.6 Å². The van der Waals surface area contributed by atoms with Crippen molar-refractivity contribution in [3.63, 3.8) is 0 Å². The van der Waals surface area contributed by atoms with Gasteiger partial charge in [-0.25, -0.2) is 18.7 Å². The summed E-state index contributed by atoms with van der Waals surface area (Å²) >= 11 is 33.3. The SMILES string of the molecule is C1CCOC1.Nc1ccc(Oc2ncnc3cc[nH]c23)c(F)c1.O=C(Cc1c(Cl)cccc1Cl)N=C=S.O=C(Cc1c(Cl)cccc1Cl)NC(=S)Nc1ccc(Oc2ncnc3cc[nH]c23)c(F)c1. The number of nitrogen functional groups attached to an aromatic ring is 1. The number of amides is 2. The largest absolute Gasteiger partial charge is 0.434 e. The van der Waals surface area contributed by atoms with Crippen LogP contribution in [0.4, 0.5) is 20.2 Å². The predicted molar refractivity (Wildman–Crippen MR) is 270 cm³/mol. The number of fused-ring (bicyclic) bond motifs is 2. The summed E-state index contributed by atoms with van der Waals surface area (Å²) < 4.78 is 44.1. The highest BCUT2D eigenvalue weighted by atomic mass is 35.5. The Morgan fingerprint density at radius 3 is 1.72 bits per heavy atom. The molecule has 15 nitrogen and oxygen atoms in total. The summed E-state index contributed by atoms with van der Waals surface area (Å²) in [5.41, 5.74) is 9.71. The van der Waals surface area contributed by atoms with E-state index in [4.69, 9.17) is 78.6 Å². The molecule has 4 aromatic carbocycles. The molecule has 6 N–H and O–H groups in total. The fourth-order valence-electron chi connectivity index (χ4n) is 5.97. The number of aliphatic imine (C=N–C) groups is 1. The van der Waals surface area contributed by atoms with Crippen molar-refractivity contribution in [2.24, 2.45) is 4.99 Å². The molecule has 1 fully saturated rings. The van der Waals surface area contributed by atoms with E-state index in [9.17, 15) is 18.4 Å². The maximum atomic E-state index is 14.6. The normalized spacial score (nSPS) is 11.4. The number of ether oxygens (including phenoxy) is 3. The Kier molecular flexibility index (Phi) is 19.2. The standard InChI is InChI=1S/C21H14Cl2FN5O2S.C12H9FN4O.C9H5Cl2NOS.C4H8O/c22-13-2-1-3-14(23)12(13)9-18(30)29-21(32)28-11-4-5-17(15(24)8-11)31-20-19-16(6-7-25-19)26-10-27-20;13-8-5-7(14)1-2-10(8)18-12-11-9(3-4-15-11)16-6-17-12;10-7-2-1-3-8(11)6(7)4-9(13)12-5-14;1-2-4-5-3-1/h1-8,10,25H,9H2,(H2,28,29,30,32);1-6,15H,14H2;1-3H,4H2;1-4H2. The van der Waals surface area contributed by atoms with Crippen LogP contribution in [0.3, 0.4) is 0 Å². The number of aromatic nitrogens is 6.